The molecule has 0 atom stereocenters. The standard InChI is InChI=1S/C21H14FNO/c22-19-8-4-7-17-18(21(24)23-20(17)19)13-14-9-11-16(12-10-14)15-5-2-1-3-6-15/h1-13H,(H,23,24)/b18-13+. The maximum atomic E-state index is 13.8. The molecule has 116 valence electrons. The van der Waals surface area contributed by atoms with Gasteiger partial charge in [0.2, 0.25) is 0 Å². The zero-order valence-corrected chi connectivity index (χ0v) is 12.8. The normalized spacial score (nSPS) is 14.5. The molecule has 0 bridgehead atoms. The number of para-hydroxylation sites is 1. The van der Waals surface area contributed by atoms with Crippen LogP contribution in [0.4, 0.5) is 10.1 Å². The summed E-state index contributed by atoms with van der Waals surface area (Å²) in [7, 11) is 0. The highest BCUT2D eigenvalue weighted by Crippen LogP contribution is 2.35. The Kier molecular flexibility index (Phi) is 3.47. The average molecular weight is 315 g/mol. The molecule has 1 N–H and O–H groups in total. The molecule has 0 fully saturated rings. The minimum absolute atomic E-state index is 0.259. The van der Waals surface area contributed by atoms with Crippen molar-refractivity contribution in [3.05, 3.63) is 89.7 Å². The van der Waals surface area contributed by atoms with Gasteiger partial charge in [-0.2, -0.15) is 0 Å². The predicted molar refractivity (Wildman–Crippen MR) is 94.8 cm³/mol. The SMILES string of the molecule is O=C1Nc2c(F)cccc2/C1=C\c1ccc(-c2ccccc2)cc1. The van der Waals surface area contributed by atoms with Crippen molar-refractivity contribution in [2.24, 2.45) is 0 Å². The topological polar surface area (TPSA) is 29.1 Å². The molecule has 1 amide bonds. The second kappa shape index (κ2) is 5.78. The van der Waals surface area contributed by atoms with Gasteiger partial charge in [-0.1, -0.05) is 66.7 Å². The van der Waals surface area contributed by atoms with Gasteiger partial charge >= 0.3 is 0 Å². The third kappa shape index (κ3) is 2.50. The lowest BCUT2D eigenvalue weighted by atomic mass is 10.0. The molecule has 0 radical (unpaired) electrons. The smallest absolute Gasteiger partial charge is 0.256 e. The number of anilines is 1. The lowest BCUT2D eigenvalue weighted by Crippen LogP contribution is -2.04. The summed E-state index contributed by atoms with van der Waals surface area (Å²) >= 11 is 0. The van der Waals surface area contributed by atoms with Gasteiger partial charge in [0.25, 0.3) is 5.91 Å². The Labute approximate surface area is 139 Å². The van der Waals surface area contributed by atoms with Crippen LogP contribution in [0.15, 0.2) is 72.8 Å². The van der Waals surface area contributed by atoms with Crippen molar-refractivity contribution in [1.29, 1.82) is 0 Å². The fraction of sp³-hybridized carbons (Fsp3) is 0. The first-order chi connectivity index (χ1) is 11.7. The molecular weight excluding hydrogens is 301 g/mol. The third-order valence-electron chi connectivity index (χ3n) is 4.12. The highest BCUT2D eigenvalue weighted by molar-refractivity contribution is 6.34. The molecule has 24 heavy (non-hydrogen) atoms. The van der Waals surface area contributed by atoms with Crippen molar-refractivity contribution in [1.82, 2.24) is 0 Å². The number of halogens is 1. The molecule has 0 aromatic heterocycles. The van der Waals surface area contributed by atoms with Gasteiger partial charge in [-0.25, -0.2) is 4.39 Å². The van der Waals surface area contributed by atoms with Crippen LogP contribution in [0.3, 0.4) is 0 Å². The maximum Gasteiger partial charge on any atom is 0.256 e. The number of hydrogen-bond acceptors (Lipinski definition) is 1. The quantitative estimate of drug-likeness (QED) is 0.664. The Bertz CT molecular complexity index is 943. The molecule has 3 heteroatoms. The Morgan fingerprint density at radius 1 is 0.792 bits per heavy atom. The number of carbonyl (C=O) groups excluding carboxylic acids is 1. The van der Waals surface area contributed by atoms with Crippen LogP contribution in [0, 0.1) is 5.82 Å². The van der Waals surface area contributed by atoms with E-state index in [-0.39, 0.29) is 11.6 Å². The van der Waals surface area contributed by atoms with Crippen molar-refractivity contribution in [2.75, 3.05) is 5.32 Å². The van der Waals surface area contributed by atoms with Gasteiger partial charge in [0.05, 0.1) is 5.69 Å². The lowest BCUT2D eigenvalue weighted by Gasteiger charge is -2.03. The van der Waals surface area contributed by atoms with Crippen molar-refractivity contribution in [2.45, 2.75) is 0 Å². The molecular formula is C21H14FNO. The van der Waals surface area contributed by atoms with Crippen LogP contribution in [0.1, 0.15) is 11.1 Å². The molecule has 0 saturated heterocycles. The molecule has 1 aliphatic heterocycles. The summed E-state index contributed by atoms with van der Waals surface area (Å²) in [5, 5.41) is 2.59. The Morgan fingerprint density at radius 3 is 2.25 bits per heavy atom. The van der Waals surface area contributed by atoms with Crippen molar-refractivity contribution < 1.29 is 9.18 Å². The number of amides is 1. The summed E-state index contributed by atoms with van der Waals surface area (Å²) in [6, 6.07) is 22.7. The Hall–Kier alpha value is -3.20. The second-order valence-electron chi connectivity index (χ2n) is 5.66. The minimum Gasteiger partial charge on any atom is -0.319 e. The van der Waals surface area contributed by atoms with Crippen molar-refractivity contribution in [3.8, 4) is 11.1 Å². The van der Waals surface area contributed by atoms with Crippen molar-refractivity contribution >= 4 is 23.2 Å². The first kappa shape index (κ1) is 14.4. The van der Waals surface area contributed by atoms with Crippen LogP contribution in [-0.2, 0) is 4.79 Å². The summed E-state index contributed by atoms with van der Waals surface area (Å²) in [5.41, 5.74) is 4.50. The Balaban J connectivity index is 1.70. The number of carbonyl (C=O) groups is 1. The minimum atomic E-state index is -0.413. The van der Waals surface area contributed by atoms with Gasteiger partial charge in [-0.3, -0.25) is 4.79 Å². The number of benzene rings is 3. The summed E-state index contributed by atoms with van der Waals surface area (Å²) in [6.07, 6.45) is 1.79. The van der Waals surface area contributed by atoms with Crippen LogP contribution in [-0.4, -0.2) is 5.91 Å². The van der Waals surface area contributed by atoms with Crippen LogP contribution < -0.4 is 5.32 Å². The van der Waals surface area contributed by atoms with Gasteiger partial charge in [0.15, 0.2) is 0 Å². The first-order valence-corrected chi connectivity index (χ1v) is 7.70. The third-order valence-corrected chi connectivity index (χ3v) is 4.12. The first-order valence-electron chi connectivity index (χ1n) is 7.70. The second-order valence-corrected chi connectivity index (χ2v) is 5.66. The lowest BCUT2D eigenvalue weighted by molar-refractivity contribution is -0.110. The molecule has 1 aliphatic rings. The fourth-order valence-corrected chi connectivity index (χ4v) is 2.89. The van der Waals surface area contributed by atoms with E-state index < -0.39 is 5.82 Å². The summed E-state index contributed by atoms with van der Waals surface area (Å²) < 4.78 is 13.8. The molecule has 4 rings (SSSR count). The van der Waals surface area contributed by atoms with E-state index in [1.807, 2.05) is 42.5 Å². The number of rotatable bonds is 2. The zero-order chi connectivity index (χ0) is 16.5. The van der Waals surface area contributed by atoms with E-state index in [1.165, 1.54) is 6.07 Å². The monoisotopic (exact) mass is 315 g/mol. The van der Waals surface area contributed by atoms with E-state index in [4.69, 9.17) is 0 Å². The summed E-state index contributed by atoms with van der Waals surface area (Å²) in [4.78, 5) is 12.1. The van der Waals surface area contributed by atoms with E-state index in [2.05, 4.69) is 17.4 Å². The van der Waals surface area contributed by atoms with E-state index in [0.29, 0.717) is 11.1 Å². The zero-order valence-electron chi connectivity index (χ0n) is 12.8. The average Bonchev–Trinajstić information content (AvgIpc) is 2.94. The Morgan fingerprint density at radius 2 is 1.50 bits per heavy atom. The van der Waals surface area contributed by atoms with Gasteiger partial charge in [0.1, 0.15) is 5.82 Å². The molecule has 3 aromatic carbocycles. The highest BCUT2D eigenvalue weighted by atomic mass is 19.1. The van der Waals surface area contributed by atoms with Gasteiger partial charge in [-0.15, -0.1) is 0 Å². The summed E-state index contributed by atoms with van der Waals surface area (Å²) in [5.74, 6) is -0.689. The van der Waals surface area contributed by atoms with E-state index in [0.717, 1.165) is 16.7 Å². The number of nitrogens with one attached hydrogen (secondary N) is 1. The van der Waals surface area contributed by atoms with E-state index in [9.17, 15) is 9.18 Å². The molecule has 2 nitrogen and oxygen atoms in total. The van der Waals surface area contributed by atoms with E-state index in [1.54, 1.807) is 18.2 Å². The maximum absolute atomic E-state index is 13.8. The number of hydrogen-bond donors (Lipinski definition) is 1. The largest absolute Gasteiger partial charge is 0.319 e. The van der Waals surface area contributed by atoms with Gasteiger partial charge in [0, 0.05) is 11.1 Å². The van der Waals surface area contributed by atoms with Gasteiger partial charge in [-0.05, 0) is 28.8 Å². The van der Waals surface area contributed by atoms with Gasteiger partial charge < -0.3 is 5.32 Å². The van der Waals surface area contributed by atoms with Crippen LogP contribution in [0.2, 0.25) is 0 Å². The van der Waals surface area contributed by atoms with Crippen molar-refractivity contribution in [3.63, 3.8) is 0 Å². The van der Waals surface area contributed by atoms with Crippen LogP contribution >= 0.6 is 0 Å². The molecule has 0 spiro atoms. The molecule has 3 aromatic rings. The fourth-order valence-electron chi connectivity index (χ4n) is 2.89. The summed E-state index contributed by atoms with van der Waals surface area (Å²) in [6.45, 7) is 0. The van der Waals surface area contributed by atoms with Crippen LogP contribution in [0.5, 0.6) is 0 Å². The molecule has 1 heterocycles. The molecule has 0 unspecified atom stereocenters. The highest BCUT2D eigenvalue weighted by Gasteiger charge is 2.26. The molecule has 0 saturated carbocycles. The van der Waals surface area contributed by atoms with Crippen LogP contribution in [0.25, 0.3) is 22.8 Å². The number of fused-ring (bicyclic) bond motifs is 1. The van der Waals surface area contributed by atoms with E-state index >= 15 is 0 Å². The molecule has 0 aliphatic carbocycles. The predicted octanol–water partition coefficient (Wildman–Crippen LogP) is 4.99.